The Balaban J connectivity index is 2.04. The SMILES string of the molecule is NCC1(CNS(=O)(=O)c2ccncc2)CC1. The summed E-state index contributed by atoms with van der Waals surface area (Å²) < 4.78 is 26.3. The van der Waals surface area contributed by atoms with Crippen molar-refractivity contribution < 1.29 is 8.42 Å². The average Bonchev–Trinajstić information content (AvgIpc) is 3.09. The highest BCUT2D eigenvalue weighted by Gasteiger charge is 2.41. The van der Waals surface area contributed by atoms with E-state index in [0.29, 0.717) is 13.1 Å². The molecule has 0 unspecified atom stereocenters. The van der Waals surface area contributed by atoms with Crippen LogP contribution in [-0.4, -0.2) is 26.5 Å². The summed E-state index contributed by atoms with van der Waals surface area (Å²) in [5, 5.41) is 0. The summed E-state index contributed by atoms with van der Waals surface area (Å²) in [4.78, 5) is 4.03. The molecule has 1 aliphatic carbocycles. The third kappa shape index (κ3) is 2.40. The first kappa shape index (κ1) is 11.5. The number of hydrogen-bond donors (Lipinski definition) is 2. The third-order valence-electron chi connectivity index (χ3n) is 2.99. The van der Waals surface area contributed by atoms with Gasteiger partial charge in [0, 0.05) is 18.9 Å². The topological polar surface area (TPSA) is 85.1 Å². The summed E-state index contributed by atoms with van der Waals surface area (Å²) in [6, 6.07) is 2.95. The molecule has 1 heterocycles. The second-order valence-electron chi connectivity index (χ2n) is 4.21. The van der Waals surface area contributed by atoms with Gasteiger partial charge in [0.1, 0.15) is 0 Å². The second kappa shape index (κ2) is 4.12. The maximum absolute atomic E-state index is 11.8. The van der Waals surface area contributed by atoms with Crippen LogP contribution >= 0.6 is 0 Å². The standard InChI is InChI=1S/C10H15N3O2S/c11-7-10(3-4-10)8-13-16(14,15)9-1-5-12-6-2-9/h1-2,5-6,13H,3-4,7-8,11H2. The number of nitrogens with one attached hydrogen (secondary N) is 1. The Bertz CT molecular complexity index is 454. The van der Waals surface area contributed by atoms with Gasteiger partial charge in [0.05, 0.1) is 4.90 Å². The molecule has 1 fully saturated rings. The molecule has 0 atom stereocenters. The fraction of sp³-hybridized carbons (Fsp3) is 0.500. The molecular formula is C10H15N3O2S. The molecule has 0 saturated heterocycles. The van der Waals surface area contributed by atoms with E-state index in [9.17, 15) is 8.42 Å². The summed E-state index contributed by atoms with van der Waals surface area (Å²) in [7, 11) is -3.41. The van der Waals surface area contributed by atoms with Crippen molar-refractivity contribution in [2.75, 3.05) is 13.1 Å². The molecule has 0 aliphatic heterocycles. The average molecular weight is 241 g/mol. The van der Waals surface area contributed by atoms with Crippen LogP contribution in [0, 0.1) is 5.41 Å². The van der Waals surface area contributed by atoms with Crippen LogP contribution in [0.15, 0.2) is 29.4 Å². The van der Waals surface area contributed by atoms with Gasteiger partial charge >= 0.3 is 0 Å². The van der Waals surface area contributed by atoms with E-state index in [0.717, 1.165) is 12.8 Å². The molecular weight excluding hydrogens is 226 g/mol. The Morgan fingerprint density at radius 3 is 2.50 bits per heavy atom. The molecule has 0 spiro atoms. The Hall–Kier alpha value is -0.980. The lowest BCUT2D eigenvalue weighted by atomic mass is 10.1. The summed E-state index contributed by atoms with van der Waals surface area (Å²) in [5.41, 5.74) is 5.59. The number of nitrogens with zero attached hydrogens (tertiary/aromatic N) is 1. The zero-order valence-corrected chi connectivity index (χ0v) is 9.70. The molecule has 1 aromatic rings. The monoisotopic (exact) mass is 241 g/mol. The molecule has 6 heteroatoms. The number of rotatable bonds is 5. The van der Waals surface area contributed by atoms with Crippen molar-refractivity contribution in [2.24, 2.45) is 11.1 Å². The summed E-state index contributed by atoms with van der Waals surface area (Å²) in [6.07, 6.45) is 4.93. The first-order valence-corrected chi connectivity index (χ1v) is 6.66. The maximum atomic E-state index is 11.8. The molecule has 88 valence electrons. The highest BCUT2D eigenvalue weighted by Crippen LogP contribution is 2.43. The Labute approximate surface area is 95.1 Å². The minimum absolute atomic E-state index is 0.0000996. The van der Waals surface area contributed by atoms with Crippen molar-refractivity contribution in [1.29, 1.82) is 0 Å². The minimum atomic E-state index is -3.41. The first-order valence-electron chi connectivity index (χ1n) is 5.18. The maximum Gasteiger partial charge on any atom is 0.240 e. The smallest absolute Gasteiger partial charge is 0.240 e. The number of nitrogens with two attached hydrogens (primary N) is 1. The van der Waals surface area contributed by atoms with Crippen molar-refractivity contribution in [3.8, 4) is 0 Å². The molecule has 0 aromatic carbocycles. The number of pyridine rings is 1. The number of sulfonamides is 1. The van der Waals surface area contributed by atoms with Crippen LogP contribution in [0.25, 0.3) is 0 Å². The van der Waals surface area contributed by atoms with Crippen molar-refractivity contribution >= 4 is 10.0 Å². The molecule has 0 amide bonds. The van der Waals surface area contributed by atoms with Crippen LogP contribution in [0.5, 0.6) is 0 Å². The van der Waals surface area contributed by atoms with Gasteiger partial charge in [-0.25, -0.2) is 13.1 Å². The first-order chi connectivity index (χ1) is 7.58. The Morgan fingerprint density at radius 2 is 2.00 bits per heavy atom. The molecule has 1 saturated carbocycles. The molecule has 0 bridgehead atoms. The highest BCUT2D eigenvalue weighted by atomic mass is 32.2. The zero-order chi connectivity index (χ0) is 11.6. The van der Waals surface area contributed by atoms with Crippen molar-refractivity contribution in [3.63, 3.8) is 0 Å². The highest BCUT2D eigenvalue weighted by molar-refractivity contribution is 7.89. The van der Waals surface area contributed by atoms with Gasteiger partial charge in [0.15, 0.2) is 0 Å². The van der Waals surface area contributed by atoms with Crippen molar-refractivity contribution in [3.05, 3.63) is 24.5 Å². The molecule has 1 aromatic heterocycles. The Morgan fingerprint density at radius 1 is 1.38 bits per heavy atom. The lowest BCUT2D eigenvalue weighted by Crippen LogP contribution is -2.33. The van der Waals surface area contributed by atoms with Gasteiger partial charge in [-0.2, -0.15) is 0 Å². The van der Waals surface area contributed by atoms with Crippen LogP contribution in [0.2, 0.25) is 0 Å². The second-order valence-corrected chi connectivity index (χ2v) is 5.98. The molecule has 5 nitrogen and oxygen atoms in total. The quantitative estimate of drug-likeness (QED) is 0.765. The number of aromatic nitrogens is 1. The minimum Gasteiger partial charge on any atom is -0.330 e. The molecule has 16 heavy (non-hydrogen) atoms. The largest absolute Gasteiger partial charge is 0.330 e. The summed E-state index contributed by atoms with van der Waals surface area (Å²) in [5.74, 6) is 0. The van der Waals surface area contributed by atoms with Crippen LogP contribution in [0.4, 0.5) is 0 Å². The number of hydrogen-bond acceptors (Lipinski definition) is 4. The van der Waals surface area contributed by atoms with Crippen LogP contribution in [-0.2, 0) is 10.0 Å². The van der Waals surface area contributed by atoms with E-state index in [1.54, 1.807) is 0 Å². The van der Waals surface area contributed by atoms with Crippen LogP contribution < -0.4 is 10.5 Å². The van der Waals surface area contributed by atoms with Gasteiger partial charge < -0.3 is 5.73 Å². The van der Waals surface area contributed by atoms with Gasteiger partial charge in [-0.3, -0.25) is 4.98 Å². The lowest BCUT2D eigenvalue weighted by Gasteiger charge is -2.13. The van der Waals surface area contributed by atoms with Gasteiger partial charge in [-0.05, 0) is 36.9 Å². The molecule has 2 rings (SSSR count). The van der Waals surface area contributed by atoms with E-state index in [-0.39, 0.29) is 10.3 Å². The van der Waals surface area contributed by atoms with E-state index in [1.165, 1.54) is 24.5 Å². The van der Waals surface area contributed by atoms with E-state index in [4.69, 9.17) is 5.73 Å². The van der Waals surface area contributed by atoms with Crippen molar-refractivity contribution in [1.82, 2.24) is 9.71 Å². The third-order valence-corrected chi connectivity index (χ3v) is 4.40. The van der Waals surface area contributed by atoms with E-state index >= 15 is 0 Å². The molecule has 1 aliphatic rings. The predicted molar refractivity (Wildman–Crippen MR) is 60.1 cm³/mol. The summed E-state index contributed by atoms with van der Waals surface area (Å²) >= 11 is 0. The van der Waals surface area contributed by atoms with E-state index < -0.39 is 10.0 Å². The summed E-state index contributed by atoms with van der Waals surface area (Å²) in [6.45, 7) is 0.958. The predicted octanol–water partition coefficient (Wildman–Crippen LogP) is 0.0988. The van der Waals surface area contributed by atoms with Gasteiger partial charge in [0.2, 0.25) is 10.0 Å². The normalized spacial score (nSPS) is 18.3. The van der Waals surface area contributed by atoms with Gasteiger partial charge in [0.25, 0.3) is 0 Å². The van der Waals surface area contributed by atoms with Gasteiger partial charge in [-0.1, -0.05) is 0 Å². The van der Waals surface area contributed by atoms with E-state index in [2.05, 4.69) is 9.71 Å². The molecule has 0 radical (unpaired) electrons. The fourth-order valence-electron chi connectivity index (χ4n) is 1.48. The van der Waals surface area contributed by atoms with Crippen molar-refractivity contribution in [2.45, 2.75) is 17.7 Å². The van der Waals surface area contributed by atoms with Crippen LogP contribution in [0.1, 0.15) is 12.8 Å². The lowest BCUT2D eigenvalue weighted by molar-refractivity contribution is 0.501. The Kier molecular flexibility index (Phi) is 2.96. The fourth-order valence-corrected chi connectivity index (χ4v) is 2.62. The zero-order valence-electron chi connectivity index (χ0n) is 8.89. The van der Waals surface area contributed by atoms with Crippen LogP contribution in [0.3, 0.4) is 0 Å². The van der Waals surface area contributed by atoms with Gasteiger partial charge in [-0.15, -0.1) is 0 Å². The molecule has 3 N–H and O–H groups in total. The van der Waals surface area contributed by atoms with E-state index in [1.807, 2.05) is 0 Å².